The van der Waals surface area contributed by atoms with Gasteiger partial charge in [-0.1, -0.05) is 25.3 Å². The van der Waals surface area contributed by atoms with Crippen molar-refractivity contribution in [3.8, 4) is 0 Å². The normalized spacial score (nSPS) is 16.9. The number of aliphatic imine (C=N–C) groups is 1. The maximum atomic E-state index is 4.66. The minimum Gasteiger partial charge on any atom is -0.357 e. The Bertz CT molecular complexity index is 396. The molecule has 0 unspecified atom stereocenters. The van der Waals surface area contributed by atoms with Gasteiger partial charge in [-0.05, 0) is 31.9 Å². The Kier molecular flexibility index (Phi) is 6.35. The van der Waals surface area contributed by atoms with Gasteiger partial charge in [-0.2, -0.15) is 0 Å². The molecular weight excluding hydrogens is 248 g/mol. The quantitative estimate of drug-likeness (QED) is 0.641. The second-order valence-electron chi connectivity index (χ2n) is 5.31. The van der Waals surface area contributed by atoms with E-state index in [4.69, 9.17) is 0 Å². The Morgan fingerprint density at radius 3 is 2.85 bits per heavy atom. The highest BCUT2D eigenvalue weighted by molar-refractivity contribution is 5.80. The predicted octanol–water partition coefficient (Wildman–Crippen LogP) is 2.51. The zero-order chi connectivity index (χ0) is 14.0. The van der Waals surface area contributed by atoms with E-state index in [1.165, 1.54) is 32.1 Å². The van der Waals surface area contributed by atoms with Gasteiger partial charge in [0.15, 0.2) is 5.96 Å². The number of pyridine rings is 1. The van der Waals surface area contributed by atoms with Crippen LogP contribution in [0.15, 0.2) is 29.4 Å². The molecule has 0 aliphatic heterocycles. The molecule has 1 aromatic rings. The lowest BCUT2D eigenvalue weighted by Crippen LogP contribution is -2.44. The summed E-state index contributed by atoms with van der Waals surface area (Å²) >= 11 is 0. The van der Waals surface area contributed by atoms with E-state index in [2.05, 4.69) is 33.6 Å². The Morgan fingerprint density at radius 1 is 1.30 bits per heavy atom. The van der Waals surface area contributed by atoms with E-state index in [0.29, 0.717) is 6.04 Å². The van der Waals surface area contributed by atoms with Gasteiger partial charge in [-0.15, -0.1) is 0 Å². The summed E-state index contributed by atoms with van der Waals surface area (Å²) < 4.78 is 0. The van der Waals surface area contributed by atoms with E-state index in [-0.39, 0.29) is 0 Å². The minimum absolute atomic E-state index is 0.594. The van der Waals surface area contributed by atoms with Crippen molar-refractivity contribution < 1.29 is 0 Å². The van der Waals surface area contributed by atoms with Crippen LogP contribution in [-0.4, -0.2) is 30.1 Å². The number of hydrogen-bond acceptors (Lipinski definition) is 2. The smallest absolute Gasteiger partial charge is 0.191 e. The first-order valence-electron chi connectivity index (χ1n) is 7.83. The fourth-order valence-electron chi connectivity index (χ4n) is 2.59. The average molecular weight is 274 g/mol. The van der Waals surface area contributed by atoms with E-state index in [1.54, 1.807) is 0 Å². The van der Waals surface area contributed by atoms with Gasteiger partial charge in [0.1, 0.15) is 0 Å². The third kappa shape index (κ3) is 5.19. The summed E-state index contributed by atoms with van der Waals surface area (Å²) in [7, 11) is 0. The van der Waals surface area contributed by atoms with E-state index >= 15 is 0 Å². The highest BCUT2D eigenvalue weighted by Crippen LogP contribution is 2.17. The van der Waals surface area contributed by atoms with Crippen LogP contribution in [0.3, 0.4) is 0 Å². The third-order valence-corrected chi connectivity index (χ3v) is 3.65. The van der Waals surface area contributed by atoms with E-state index in [1.807, 2.05) is 18.3 Å². The molecule has 0 bridgehead atoms. The van der Waals surface area contributed by atoms with Crippen molar-refractivity contribution >= 4 is 5.96 Å². The monoisotopic (exact) mass is 274 g/mol. The van der Waals surface area contributed by atoms with Crippen LogP contribution in [-0.2, 0) is 6.42 Å². The van der Waals surface area contributed by atoms with Gasteiger partial charge in [-0.25, -0.2) is 0 Å². The van der Waals surface area contributed by atoms with Gasteiger partial charge in [0.05, 0.1) is 0 Å². The average Bonchev–Trinajstić information content (AvgIpc) is 2.49. The molecule has 0 amide bonds. The van der Waals surface area contributed by atoms with E-state index in [0.717, 1.165) is 31.2 Å². The Balaban J connectivity index is 1.81. The highest BCUT2D eigenvalue weighted by atomic mass is 15.2. The molecule has 0 atom stereocenters. The number of nitrogens with one attached hydrogen (secondary N) is 2. The summed E-state index contributed by atoms with van der Waals surface area (Å²) in [5, 5.41) is 6.90. The van der Waals surface area contributed by atoms with Gasteiger partial charge < -0.3 is 10.6 Å². The van der Waals surface area contributed by atoms with Gasteiger partial charge in [0, 0.05) is 37.4 Å². The number of hydrogen-bond donors (Lipinski definition) is 2. The molecule has 0 spiro atoms. The van der Waals surface area contributed by atoms with Crippen molar-refractivity contribution in [2.45, 2.75) is 51.5 Å². The van der Waals surface area contributed by atoms with Crippen LogP contribution in [0.25, 0.3) is 0 Å². The van der Waals surface area contributed by atoms with Crippen molar-refractivity contribution in [2.75, 3.05) is 13.1 Å². The molecule has 110 valence electrons. The molecule has 1 saturated carbocycles. The van der Waals surface area contributed by atoms with Crippen molar-refractivity contribution in [1.82, 2.24) is 15.6 Å². The summed E-state index contributed by atoms with van der Waals surface area (Å²) in [4.78, 5) is 8.98. The molecule has 1 aliphatic rings. The van der Waals surface area contributed by atoms with Crippen LogP contribution in [0.4, 0.5) is 0 Å². The van der Waals surface area contributed by atoms with Crippen LogP contribution in [0.2, 0.25) is 0 Å². The van der Waals surface area contributed by atoms with Crippen molar-refractivity contribution in [3.05, 3.63) is 30.1 Å². The van der Waals surface area contributed by atoms with Crippen LogP contribution < -0.4 is 10.6 Å². The molecule has 1 heterocycles. The van der Waals surface area contributed by atoms with Crippen LogP contribution in [0.5, 0.6) is 0 Å². The zero-order valence-corrected chi connectivity index (χ0v) is 12.4. The molecule has 2 N–H and O–H groups in total. The lowest BCUT2D eigenvalue weighted by Gasteiger charge is -2.24. The zero-order valence-electron chi connectivity index (χ0n) is 12.4. The highest BCUT2D eigenvalue weighted by Gasteiger charge is 2.14. The molecule has 0 saturated heterocycles. The van der Waals surface area contributed by atoms with Crippen LogP contribution >= 0.6 is 0 Å². The molecule has 0 radical (unpaired) electrons. The van der Waals surface area contributed by atoms with Gasteiger partial charge in [-0.3, -0.25) is 9.98 Å². The topological polar surface area (TPSA) is 49.3 Å². The summed E-state index contributed by atoms with van der Waals surface area (Å²) in [6.45, 7) is 3.79. The summed E-state index contributed by atoms with van der Waals surface area (Å²) in [6.07, 6.45) is 9.32. The maximum absolute atomic E-state index is 4.66. The van der Waals surface area contributed by atoms with E-state index < -0.39 is 0 Å². The van der Waals surface area contributed by atoms with E-state index in [9.17, 15) is 0 Å². The number of rotatable bonds is 5. The molecule has 4 nitrogen and oxygen atoms in total. The molecule has 4 heteroatoms. The predicted molar refractivity (Wildman–Crippen MR) is 83.9 cm³/mol. The standard InChI is InChI=1S/C16H26N4/c1-2-17-16(20-15-9-4-3-5-10-15)19-13-11-14-8-6-7-12-18-14/h6-8,12,15H,2-5,9-11,13H2,1H3,(H2,17,19,20). The van der Waals surface area contributed by atoms with Crippen molar-refractivity contribution in [1.29, 1.82) is 0 Å². The summed E-state index contributed by atoms with van der Waals surface area (Å²) in [6, 6.07) is 6.62. The van der Waals surface area contributed by atoms with Gasteiger partial charge in [0.2, 0.25) is 0 Å². The number of aromatic nitrogens is 1. The molecule has 1 aromatic heterocycles. The molecule has 2 rings (SSSR count). The summed E-state index contributed by atoms with van der Waals surface area (Å²) in [5.74, 6) is 0.954. The van der Waals surface area contributed by atoms with Gasteiger partial charge in [0.25, 0.3) is 0 Å². The number of guanidine groups is 1. The Labute approximate surface area is 122 Å². The van der Waals surface area contributed by atoms with Crippen LogP contribution in [0.1, 0.15) is 44.7 Å². The fourth-order valence-corrected chi connectivity index (χ4v) is 2.59. The molecule has 1 fully saturated rings. The lowest BCUT2D eigenvalue weighted by atomic mass is 9.96. The molecular formula is C16H26N4. The number of nitrogens with zero attached hydrogens (tertiary/aromatic N) is 2. The van der Waals surface area contributed by atoms with Crippen LogP contribution in [0, 0.1) is 0 Å². The molecule has 0 aromatic carbocycles. The Morgan fingerprint density at radius 2 is 2.15 bits per heavy atom. The Hall–Kier alpha value is -1.58. The van der Waals surface area contributed by atoms with Crippen molar-refractivity contribution in [3.63, 3.8) is 0 Å². The first-order valence-corrected chi connectivity index (χ1v) is 7.83. The van der Waals surface area contributed by atoms with Gasteiger partial charge >= 0.3 is 0 Å². The largest absolute Gasteiger partial charge is 0.357 e. The van der Waals surface area contributed by atoms with Crippen molar-refractivity contribution in [2.24, 2.45) is 4.99 Å². The first-order chi connectivity index (χ1) is 9.88. The maximum Gasteiger partial charge on any atom is 0.191 e. The fraction of sp³-hybridized carbons (Fsp3) is 0.625. The lowest BCUT2D eigenvalue weighted by molar-refractivity contribution is 0.410. The molecule has 20 heavy (non-hydrogen) atoms. The molecule has 1 aliphatic carbocycles. The second-order valence-corrected chi connectivity index (χ2v) is 5.31. The third-order valence-electron chi connectivity index (χ3n) is 3.65. The summed E-state index contributed by atoms with van der Waals surface area (Å²) in [5.41, 5.74) is 1.10. The first kappa shape index (κ1) is 14.8. The minimum atomic E-state index is 0.594. The second kappa shape index (κ2) is 8.56. The SMILES string of the molecule is CCNC(=NCCc1ccccn1)NC1CCCCC1.